The van der Waals surface area contributed by atoms with Crippen LogP contribution in [0.1, 0.15) is 23.1 Å². The van der Waals surface area contributed by atoms with E-state index in [1.54, 1.807) is 41.3 Å². The van der Waals surface area contributed by atoms with Gasteiger partial charge in [-0.25, -0.2) is 23.7 Å². The van der Waals surface area contributed by atoms with Crippen LogP contribution in [0.25, 0.3) is 28.2 Å². The van der Waals surface area contributed by atoms with Gasteiger partial charge in [0.1, 0.15) is 30.9 Å². The van der Waals surface area contributed by atoms with Crippen molar-refractivity contribution in [2.75, 3.05) is 18.1 Å². The molecule has 13 heteroatoms. The highest BCUT2D eigenvalue weighted by molar-refractivity contribution is 6.76. The molecule has 0 bridgehead atoms. The van der Waals surface area contributed by atoms with Crippen molar-refractivity contribution in [3.8, 4) is 22.5 Å². The molecule has 1 N–H and O–H groups in total. The number of ether oxygens (including phenoxy) is 2. The fraction of sp³-hybridized carbons (Fsp3) is 0.310. The molecule has 0 aliphatic carbocycles. The molecule has 5 aromatic rings. The molecule has 1 fully saturated rings. The van der Waals surface area contributed by atoms with Crippen molar-refractivity contribution in [1.82, 2.24) is 34.8 Å². The lowest BCUT2D eigenvalue weighted by Crippen LogP contribution is -2.28. The Kier molecular flexibility index (Phi) is 7.29. The number of amides is 1. The Morgan fingerprint density at radius 2 is 1.98 bits per heavy atom. The average Bonchev–Trinajstić information content (AvgIpc) is 3.69. The number of carbonyl (C=O) groups excluding carboxylic acids is 1. The van der Waals surface area contributed by atoms with E-state index in [1.807, 2.05) is 19.1 Å². The number of aromatic nitrogens is 7. The second kappa shape index (κ2) is 11.1. The van der Waals surface area contributed by atoms with Crippen LogP contribution in [0.3, 0.4) is 0 Å². The maximum atomic E-state index is 15.4. The number of fused-ring (bicyclic) bond motifs is 1. The normalized spacial score (nSPS) is 15.5. The number of rotatable bonds is 9. The predicted molar refractivity (Wildman–Crippen MR) is 157 cm³/mol. The number of halogens is 1. The molecule has 0 saturated carbocycles. The second-order valence-corrected chi connectivity index (χ2v) is 17.1. The number of benzene rings is 1. The highest BCUT2D eigenvalue weighted by Gasteiger charge is 2.36. The molecule has 6 rings (SSSR count). The van der Waals surface area contributed by atoms with Gasteiger partial charge in [-0.1, -0.05) is 31.8 Å². The minimum Gasteiger partial charge on any atom is -0.447 e. The molecule has 1 aliphatic heterocycles. The van der Waals surface area contributed by atoms with Gasteiger partial charge in [-0.3, -0.25) is 15.0 Å². The lowest BCUT2D eigenvalue weighted by atomic mass is 10.1. The summed E-state index contributed by atoms with van der Waals surface area (Å²) in [5.41, 5.74) is 3.63. The Hall–Kier alpha value is -4.49. The van der Waals surface area contributed by atoms with Gasteiger partial charge in [0.15, 0.2) is 17.3 Å². The van der Waals surface area contributed by atoms with Crippen molar-refractivity contribution in [2.24, 2.45) is 0 Å². The summed E-state index contributed by atoms with van der Waals surface area (Å²) in [5, 5.41) is 11.4. The van der Waals surface area contributed by atoms with Crippen molar-refractivity contribution in [3.63, 3.8) is 0 Å². The van der Waals surface area contributed by atoms with E-state index in [2.05, 4.69) is 44.9 Å². The molecule has 0 unspecified atom stereocenters. The third-order valence-electron chi connectivity index (χ3n) is 7.08. The molecule has 5 heterocycles. The number of hydrogen-bond donors (Lipinski definition) is 1. The summed E-state index contributed by atoms with van der Waals surface area (Å²) in [4.78, 5) is 27.8. The van der Waals surface area contributed by atoms with Crippen molar-refractivity contribution in [2.45, 2.75) is 45.3 Å². The molecule has 216 valence electrons. The number of anilines is 1. The average molecular weight is 587 g/mol. The summed E-state index contributed by atoms with van der Waals surface area (Å²) < 4.78 is 28.1. The summed E-state index contributed by atoms with van der Waals surface area (Å²) in [5.74, 6) is 0.717. The number of pyridine rings is 1. The molecule has 1 amide bonds. The smallest absolute Gasteiger partial charge is 0.416 e. The Balaban J connectivity index is 1.24. The highest BCUT2D eigenvalue weighted by Crippen LogP contribution is 2.34. The van der Waals surface area contributed by atoms with Crippen LogP contribution in [0.5, 0.6) is 0 Å². The van der Waals surface area contributed by atoms with Gasteiger partial charge in [0.05, 0.1) is 11.8 Å². The molecular formula is C29H31FN8O3Si. The number of aryl methyl sites for hydroxylation is 1. The SMILES string of the molecule is Cc1ccc([C@H]2COC(=O)N2c2ccn3ncc(-c4ccc(-c5n[nH]c(COCC[Si](C)(C)C)n5)c(F)c4)c3n2)cn1. The Morgan fingerprint density at radius 1 is 1.12 bits per heavy atom. The van der Waals surface area contributed by atoms with Gasteiger partial charge in [0.25, 0.3) is 0 Å². The van der Waals surface area contributed by atoms with Crippen LogP contribution in [-0.2, 0) is 16.1 Å². The van der Waals surface area contributed by atoms with E-state index < -0.39 is 20.0 Å². The zero-order valence-electron chi connectivity index (χ0n) is 23.8. The van der Waals surface area contributed by atoms with Crippen molar-refractivity contribution in [1.29, 1.82) is 0 Å². The quantitative estimate of drug-likeness (QED) is 0.175. The van der Waals surface area contributed by atoms with E-state index >= 15 is 4.39 Å². The van der Waals surface area contributed by atoms with E-state index in [9.17, 15) is 4.79 Å². The summed E-state index contributed by atoms with van der Waals surface area (Å²) >= 11 is 0. The standard InChI is InChI=1S/C29H31FN8O3Si/c1-18-5-6-20(14-31-18)24-16-41-29(39)38(24)26-9-10-37-28(34-26)22(15-32-37)19-7-8-21(23(30)13-19)27-33-25(35-36-27)17-40-11-12-42(2,3)4/h5-10,13-15,24H,11-12,16-17H2,1-4H3,(H,33,35,36)/t24-/m1/s1. The molecule has 42 heavy (non-hydrogen) atoms. The van der Waals surface area contributed by atoms with E-state index in [0.717, 1.165) is 17.3 Å². The third kappa shape index (κ3) is 5.65. The summed E-state index contributed by atoms with van der Waals surface area (Å²) in [6.07, 6.45) is 4.57. The molecule has 1 aliphatic rings. The fourth-order valence-electron chi connectivity index (χ4n) is 4.69. The van der Waals surface area contributed by atoms with Crippen LogP contribution in [0.2, 0.25) is 25.7 Å². The van der Waals surface area contributed by atoms with E-state index in [-0.39, 0.29) is 24.0 Å². The van der Waals surface area contributed by atoms with Crippen LogP contribution in [-0.4, -0.2) is 62.1 Å². The van der Waals surface area contributed by atoms with Crippen molar-refractivity contribution in [3.05, 3.63) is 77.9 Å². The van der Waals surface area contributed by atoms with Gasteiger partial charge in [0, 0.05) is 38.3 Å². The summed E-state index contributed by atoms with van der Waals surface area (Å²) in [7, 11) is -1.18. The van der Waals surface area contributed by atoms with E-state index in [0.29, 0.717) is 41.6 Å². The van der Waals surface area contributed by atoms with Gasteiger partial charge in [-0.05, 0) is 48.4 Å². The van der Waals surface area contributed by atoms with E-state index in [4.69, 9.17) is 14.5 Å². The molecule has 11 nitrogen and oxygen atoms in total. The van der Waals surface area contributed by atoms with Crippen LogP contribution in [0, 0.1) is 12.7 Å². The number of hydrogen-bond acceptors (Lipinski definition) is 8. The Morgan fingerprint density at radius 3 is 2.74 bits per heavy atom. The lowest BCUT2D eigenvalue weighted by molar-refractivity contribution is 0.127. The highest BCUT2D eigenvalue weighted by atomic mass is 28.3. The zero-order chi connectivity index (χ0) is 29.4. The predicted octanol–water partition coefficient (Wildman–Crippen LogP) is 5.58. The first-order chi connectivity index (χ1) is 20.2. The van der Waals surface area contributed by atoms with Crippen LogP contribution in [0.15, 0.2) is 55.0 Å². The molecule has 0 spiro atoms. The van der Waals surface area contributed by atoms with Gasteiger partial charge in [-0.2, -0.15) is 10.2 Å². The maximum Gasteiger partial charge on any atom is 0.416 e. The first kappa shape index (κ1) is 27.7. The van der Waals surface area contributed by atoms with Gasteiger partial charge in [0.2, 0.25) is 0 Å². The summed E-state index contributed by atoms with van der Waals surface area (Å²) in [6.45, 7) is 9.91. The number of carbonyl (C=O) groups is 1. The molecule has 1 saturated heterocycles. The van der Waals surface area contributed by atoms with Crippen LogP contribution in [0.4, 0.5) is 15.0 Å². The second-order valence-electron chi connectivity index (χ2n) is 11.5. The van der Waals surface area contributed by atoms with Crippen LogP contribution < -0.4 is 4.90 Å². The van der Waals surface area contributed by atoms with Crippen molar-refractivity contribution >= 4 is 25.6 Å². The Labute approximate surface area is 242 Å². The zero-order valence-corrected chi connectivity index (χ0v) is 24.8. The number of H-pyrrole nitrogens is 1. The largest absolute Gasteiger partial charge is 0.447 e. The molecule has 4 aromatic heterocycles. The first-order valence-electron chi connectivity index (χ1n) is 13.7. The fourth-order valence-corrected chi connectivity index (χ4v) is 5.44. The topological polar surface area (TPSA) is 123 Å². The molecule has 1 aromatic carbocycles. The number of nitrogens with zero attached hydrogens (tertiary/aromatic N) is 7. The number of aromatic amines is 1. The van der Waals surface area contributed by atoms with Gasteiger partial charge in [-0.15, -0.1) is 0 Å². The minimum absolute atomic E-state index is 0.183. The monoisotopic (exact) mass is 586 g/mol. The third-order valence-corrected chi connectivity index (χ3v) is 8.79. The van der Waals surface area contributed by atoms with Gasteiger partial charge < -0.3 is 9.47 Å². The number of nitrogens with one attached hydrogen (secondary N) is 1. The maximum absolute atomic E-state index is 15.4. The summed E-state index contributed by atoms with van der Waals surface area (Å²) in [6, 6.07) is 11.0. The number of cyclic esters (lactones) is 1. The lowest BCUT2D eigenvalue weighted by Gasteiger charge is -2.20. The van der Waals surface area contributed by atoms with Gasteiger partial charge >= 0.3 is 6.09 Å². The first-order valence-corrected chi connectivity index (χ1v) is 17.4. The molecular weight excluding hydrogens is 555 g/mol. The molecule has 0 radical (unpaired) electrons. The van der Waals surface area contributed by atoms with Crippen LogP contribution >= 0.6 is 0 Å². The van der Waals surface area contributed by atoms with Crippen molar-refractivity contribution < 1.29 is 18.7 Å². The minimum atomic E-state index is -1.18. The Bertz CT molecular complexity index is 1750. The van der Waals surface area contributed by atoms with E-state index in [1.165, 1.54) is 11.0 Å². The molecule has 1 atom stereocenters.